The molecular formula is C23H23N5O3. The predicted molar refractivity (Wildman–Crippen MR) is 115 cm³/mol. The Morgan fingerprint density at radius 1 is 1.26 bits per heavy atom. The minimum absolute atomic E-state index is 0.159. The first kappa shape index (κ1) is 19.3. The summed E-state index contributed by atoms with van der Waals surface area (Å²) >= 11 is 0. The minimum atomic E-state index is -0.329. The second-order valence-corrected chi connectivity index (χ2v) is 8.09. The highest BCUT2D eigenvalue weighted by Crippen LogP contribution is 2.41. The van der Waals surface area contributed by atoms with E-state index in [4.69, 9.17) is 4.42 Å². The molecule has 5 rings (SSSR count). The number of nitrogens with one attached hydrogen (secondary N) is 1. The number of benzene rings is 1. The highest BCUT2D eigenvalue weighted by atomic mass is 16.3. The van der Waals surface area contributed by atoms with Crippen LogP contribution in [0.1, 0.15) is 41.3 Å². The van der Waals surface area contributed by atoms with Crippen LogP contribution in [0.15, 0.2) is 52.0 Å². The summed E-state index contributed by atoms with van der Waals surface area (Å²) < 4.78 is 8.17. The molecule has 1 N–H and O–H groups in total. The molecule has 0 radical (unpaired) electrons. The van der Waals surface area contributed by atoms with Crippen molar-refractivity contribution in [1.82, 2.24) is 24.9 Å². The fourth-order valence-corrected chi connectivity index (χ4v) is 3.88. The SMILES string of the molecule is Cc1ccc(-n2ncc3c(C4CC4)nn(CC(=O)NCc4ccco4)c(=O)c32)c(C)c1. The van der Waals surface area contributed by atoms with Gasteiger partial charge in [-0.3, -0.25) is 9.59 Å². The zero-order chi connectivity index (χ0) is 21.5. The molecule has 1 aromatic carbocycles. The van der Waals surface area contributed by atoms with Crippen molar-refractivity contribution in [2.24, 2.45) is 0 Å². The number of amides is 1. The van der Waals surface area contributed by atoms with Crippen molar-refractivity contribution in [3.05, 3.63) is 75.7 Å². The van der Waals surface area contributed by atoms with Crippen LogP contribution < -0.4 is 10.9 Å². The molecule has 1 aliphatic carbocycles. The highest BCUT2D eigenvalue weighted by Gasteiger charge is 2.30. The van der Waals surface area contributed by atoms with Gasteiger partial charge in [0.15, 0.2) is 0 Å². The lowest BCUT2D eigenvalue weighted by molar-refractivity contribution is -0.122. The van der Waals surface area contributed by atoms with Gasteiger partial charge in [-0.05, 0) is 50.5 Å². The number of hydrogen-bond acceptors (Lipinski definition) is 5. The number of carbonyl (C=O) groups excluding carboxylic acids is 1. The summed E-state index contributed by atoms with van der Waals surface area (Å²) in [6.07, 6.45) is 5.33. The number of hydrogen-bond donors (Lipinski definition) is 1. The Balaban J connectivity index is 1.55. The quantitative estimate of drug-likeness (QED) is 0.520. The van der Waals surface area contributed by atoms with Crippen molar-refractivity contribution in [1.29, 1.82) is 0 Å². The average Bonchev–Trinajstić information content (AvgIpc) is 3.27. The van der Waals surface area contributed by atoms with E-state index in [2.05, 4.69) is 21.6 Å². The molecule has 1 fully saturated rings. The zero-order valence-corrected chi connectivity index (χ0v) is 17.5. The Bertz CT molecular complexity index is 1330. The molecule has 8 nitrogen and oxygen atoms in total. The van der Waals surface area contributed by atoms with Gasteiger partial charge in [0.25, 0.3) is 5.56 Å². The molecule has 1 saturated carbocycles. The monoisotopic (exact) mass is 417 g/mol. The van der Waals surface area contributed by atoms with Gasteiger partial charge in [-0.2, -0.15) is 10.2 Å². The third-order valence-electron chi connectivity index (χ3n) is 5.59. The highest BCUT2D eigenvalue weighted by molar-refractivity contribution is 5.83. The van der Waals surface area contributed by atoms with Crippen molar-refractivity contribution in [3.8, 4) is 5.69 Å². The van der Waals surface area contributed by atoms with Crippen LogP contribution in [0.4, 0.5) is 0 Å². The minimum Gasteiger partial charge on any atom is -0.467 e. The molecule has 1 amide bonds. The maximum atomic E-state index is 13.4. The smallest absolute Gasteiger partial charge is 0.293 e. The molecule has 1 aliphatic rings. The van der Waals surface area contributed by atoms with Gasteiger partial charge in [0, 0.05) is 11.3 Å². The van der Waals surface area contributed by atoms with E-state index in [9.17, 15) is 9.59 Å². The molecule has 158 valence electrons. The summed E-state index contributed by atoms with van der Waals surface area (Å²) in [5.74, 6) is 0.651. The third-order valence-corrected chi connectivity index (χ3v) is 5.59. The second kappa shape index (κ2) is 7.54. The molecule has 0 bridgehead atoms. The first-order valence-corrected chi connectivity index (χ1v) is 10.4. The van der Waals surface area contributed by atoms with Gasteiger partial charge in [0.05, 0.1) is 30.4 Å². The molecule has 8 heteroatoms. The first-order valence-electron chi connectivity index (χ1n) is 10.4. The van der Waals surface area contributed by atoms with Gasteiger partial charge in [-0.25, -0.2) is 9.36 Å². The van der Waals surface area contributed by atoms with Crippen LogP contribution in [-0.4, -0.2) is 25.5 Å². The number of aryl methyl sites for hydroxylation is 2. The van der Waals surface area contributed by atoms with Gasteiger partial charge in [0.1, 0.15) is 17.8 Å². The molecule has 4 aromatic rings. The molecule has 3 heterocycles. The Kier molecular flexibility index (Phi) is 4.69. The summed E-state index contributed by atoms with van der Waals surface area (Å²) in [5, 5.41) is 12.6. The number of fused-ring (bicyclic) bond motifs is 1. The number of rotatable bonds is 6. The first-order chi connectivity index (χ1) is 15.0. The lowest BCUT2D eigenvalue weighted by Crippen LogP contribution is -2.34. The fraction of sp³-hybridized carbons (Fsp3) is 0.304. The van der Waals surface area contributed by atoms with Crippen LogP contribution in [0, 0.1) is 13.8 Å². The van der Waals surface area contributed by atoms with Crippen molar-refractivity contribution >= 4 is 16.8 Å². The maximum absolute atomic E-state index is 13.4. The molecule has 0 spiro atoms. The Morgan fingerprint density at radius 3 is 2.81 bits per heavy atom. The number of carbonyl (C=O) groups is 1. The van der Waals surface area contributed by atoms with Gasteiger partial charge < -0.3 is 9.73 Å². The van der Waals surface area contributed by atoms with E-state index >= 15 is 0 Å². The van der Waals surface area contributed by atoms with E-state index in [1.807, 2.05) is 26.0 Å². The standard InChI is InChI=1S/C23H23N5O3/c1-14-5-8-19(15(2)10-14)28-22-18(12-25-28)21(16-6-7-16)26-27(23(22)30)13-20(29)24-11-17-4-3-9-31-17/h3-5,8-10,12,16H,6-7,11,13H2,1-2H3,(H,24,29). The fourth-order valence-electron chi connectivity index (χ4n) is 3.88. The number of furan rings is 1. The largest absolute Gasteiger partial charge is 0.467 e. The lowest BCUT2D eigenvalue weighted by atomic mass is 10.1. The molecule has 31 heavy (non-hydrogen) atoms. The third kappa shape index (κ3) is 3.65. The van der Waals surface area contributed by atoms with Crippen LogP contribution in [0.3, 0.4) is 0 Å². The summed E-state index contributed by atoms with van der Waals surface area (Å²) in [6.45, 7) is 4.13. The van der Waals surface area contributed by atoms with E-state index in [0.717, 1.165) is 40.7 Å². The molecule has 0 saturated heterocycles. The zero-order valence-electron chi connectivity index (χ0n) is 17.5. The second-order valence-electron chi connectivity index (χ2n) is 8.09. The Morgan fingerprint density at radius 2 is 2.10 bits per heavy atom. The lowest BCUT2D eigenvalue weighted by Gasteiger charge is -2.11. The van der Waals surface area contributed by atoms with Crippen molar-refractivity contribution in [2.75, 3.05) is 0 Å². The summed E-state index contributed by atoms with van der Waals surface area (Å²) in [4.78, 5) is 25.9. The van der Waals surface area contributed by atoms with Crippen LogP contribution in [0.5, 0.6) is 0 Å². The van der Waals surface area contributed by atoms with Gasteiger partial charge in [0.2, 0.25) is 5.91 Å². The normalized spacial score (nSPS) is 13.6. The van der Waals surface area contributed by atoms with Crippen molar-refractivity contribution in [3.63, 3.8) is 0 Å². The van der Waals surface area contributed by atoms with E-state index in [1.165, 1.54) is 4.68 Å². The van der Waals surface area contributed by atoms with Crippen molar-refractivity contribution in [2.45, 2.75) is 45.7 Å². The topological polar surface area (TPSA) is 94.9 Å². The number of aromatic nitrogens is 4. The van der Waals surface area contributed by atoms with Gasteiger partial charge in [-0.1, -0.05) is 17.7 Å². The van der Waals surface area contributed by atoms with Crippen LogP contribution >= 0.6 is 0 Å². The predicted octanol–water partition coefficient (Wildman–Crippen LogP) is 2.99. The van der Waals surface area contributed by atoms with Crippen LogP contribution in [0.25, 0.3) is 16.6 Å². The molecule has 0 unspecified atom stereocenters. The average molecular weight is 417 g/mol. The van der Waals surface area contributed by atoms with E-state index in [1.54, 1.807) is 29.3 Å². The van der Waals surface area contributed by atoms with E-state index < -0.39 is 0 Å². The summed E-state index contributed by atoms with van der Waals surface area (Å²) in [5.41, 5.74) is 3.98. The summed E-state index contributed by atoms with van der Waals surface area (Å²) in [6, 6.07) is 9.57. The summed E-state index contributed by atoms with van der Waals surface area (Å²) in [7, 11) is 0. The molecule has 3 aromatic heterocycles. The molecule has 0 atom stereocenters. The maximum Gasteiger partial charge on any atom is 0.293 e. The Hall–Kier alpha value is -3.68. The van der Waals surface area contributed by atoms with E-state index in [0.29, 0.717) is 17.2 Å². The van der Waals surface area contributed by atoms with Crippen LogP contribution in [0.2, 0.25) is 0 Å². The van der Waals surface area contributed by atoms with Gasteiger partial charge >= 0.3 is 0 Å². The number of nitrogens with zero attached hydrogens (tertiary/aromatic N) is 4. The molecule has 0 aliphatic heterocycles. The van der Waals surface area contributed by atoms with Gasteiger partial charge in [-0.15, -0.1) is 0 Å². The molecular weight excluding hydrogens is 394 g/mol. The Labute approximate surface area is 178 Å². The van der Waals surface area contributed by atoms with E-state index in [-0.39, 0.29) is 24.6 Å². The van der Waals surface area contributed by atoms with Crippen molar-refractivity contribution < 1.29 is 9.21 Å². The van der Waals surface area contributed by atoms with Crippen LogP contribution in [-0.2, 0) is 17.9 Å².